The Morgan fingerprint density at radius 3 is 2.77 bits per heavy atom. The van der Waals surface area contributed by atoms with Gasteiger partial charge in [-0.2, -0.15) is 0 Å². The van der Waals surface area contributed by atoms with Crippen LogP contribution in [-0.2, 0) is 6.42 Å². The van der Waals surface area contributed by atoms with Gasteiger partial charge in [-0.15, -0.1) is 0 Å². The Morgan fingerprint density at radius 1 is 1.54 bits per heavy atom. The molecular weight excluding hydrogens is 173 g/mol. The monoisotopic (exact) mass is 185 g/mol. The van der Waals surface area contributed by atoms with Gasteiger partial charge in [0.15, 0.2) is 17.3 Å². The van der Waals surface area contributed by atoms with Gasteiger partial charge in [-0.3, -0.25) is 0 Å². The molecule has 0 aliphatic heterocycles. The third-order valence-corrected chi connectivity index (χ3v) is 1.77. The second kappa shape index (κ2) is 4.09. The summed E-state index contributed by atoms with van der Waals surface area (Å²) in [5, 5.41) is 9.19. The van der Waals surface area contributed by atoms with Crippen LogP contribution in [0.2, 0.25) is 0 Å². The maximum Gasteiger partial charge on any atom is 0.196 e. The lowest BCUT2D eigenvalue weighted by atomic mass is 10.1. The Hall–Kier alpha value is -1.29. The molecule has 0 fully saturated rings. The quantitative estimate of drug-likeness (QED) is 0.739. The Balaban J connectivity index is 3.11. The largest absolute Gasteiger partial charge is 0.504 e. The molecule has 1 aromatic carbocycles. The van der Waals surface area contributed by atoms with Crippen LogP contribution in [0.25, 0.3) is 0 Å². The summed E-state index contributed by atoms with van der Waals surface area (Å²) in [5.41, 5.74) is 5.74. The Morgan fingerprint density at radius 2 is 2.23 bits per heavy atom. The lowest BCUT2D eigenvalue weighted by molar-refractivity contribution is 0.349. The van der Waals surface area contributed by atoms with Crippen LogP contribution in [0.3, 0.4) is 0 Å². The molecule has 0 saturated heterocycles. The molecule has 0 radical (unpaired) electrons. The van der Waals surface area contributed by atoms with Crippen LogP contribution in [-0.4, -0.2) is 18.8 Å². The average molecular weight is 185 g/mol. The van der Waals surface area contributed by atoms with Crippen molar-refractivity contribution in [2.75, 3.05) is 13.7 Å². The van der Waals surface area contributed by atoms with Gasteiger partial charge < -0.3 is 15.6 Å². The van der Waals surface area contributed by atoms with Gasteiger partial charge in [0.05, 0.1) is 7.11 Å². The van der Waals surface area contributed by atoms with Crippen molar-refractivity contribution in [3.05, 3.63) is 23.5 Å². The van der Waals surface area contributed by atoms with E-state index in [2.05, 4.69) is 0 Å². The number of hydrogen-bond donors (Lipinski definition) is 2. The van der Waals surface area contributed by atoms with Gasteiger partial charge in [0, 0.05) is 0 Å². The number of phenolic OH excluding ortho intramolecular Hbond substituents is 1. The van der Waals surface area contributed by atoms with E-state index in [0.29, 0.717) is 18.5 Å². The molecule has 0 bridgehead atoms. The van der Waals surface area contributed by atoms with Crippen LogP contribution in [0, 0.1) is 5.82 Å². The Kier molecular flexibility index (Phi) is 3.08. The second-order valence-corrected chi connectivity index (χ2v) is 2.63. The van der Waals surface area contributed by atoms with E-state index >= 15 is 0 Å². The first-order valence-corrected chi connectivity index (χ1v) is 3.95. The topological polar surface area (TPSA) is 55.5 Å². The smallest absolute Gasteiger partial charge is 0.196 e. The molecule has 4 heteroatoms. The van der Waals surface area contributed by atoms with Crippen LogP contribution < -0.4 is 10.5 Å². The van der Waals surface area contributed by atoms with E-state index in [1.54, 1.807) is 0 Å². The lowest BCUT2D eigenvalue weighted by Gasteiger charge is -2.07. The number of ether oxygens (including phenoxy) is 1. The van der Waals surface area contributed by atoms with Gasteiger partial charge in [-0.05, 0) is 24.6 Å². The van der Waals surface area contributed by atoms with Crippen LogP contribution >= 0.6 is 0 Å². The number of benzene rings is 1. The van der Waals surface area contributed by atoms with E-state index in [1.165, 1.54) is 19.2 Å². The minimum absolute atomic E-state index is 0.119. The minimum Gasteiger partial charge on any atom is -0.504 e. The molecule has 1 rings (SSSR count). The molecule has 0 heterocycles. The fourth-order valence-corrected chi connectivity index (χ4v) is 1.13. The summed E-state index contributed by atoms with van der Waals surface area (Å²) in [6.07, 6.45) is 0.433. The summed E-state index contributed by atoms with van der Waals surface area (Å²) >= 11 is 0. The molecule has 0 aromatic heterocycles. The third kappa shape index (κ3) is 1.89. The van der Waals surface area contributed by atoms with Crippen molar-refractivity contribution in [1.29, 1.82) is 0 Å². The summed E-state index contributed by atoms with van der Waals surface area (Å²) in [5.74, 6) is -0.848. The number of nitrogens with two attached hydrogens (primary N) is 1. The highest BCUT2D eigenvalue weighted by atomic mass is 19.1. The van der Waals surface area contributed by atoms with Gasteiger partial charge in [0.25, 0.3) is 0 Å². The fraction of sp³-hybridized carbons (Fsp3) is 0.333. The first-order valence-electron chi connectivity index (χ1n) is 3.95. The van der Waals surface area contributed by atoms with Crippen molar-refractivity contribution >= 4 is 0 Å². The van der Waals surface area contributed by atoms with Crippen LogP contribution in [0.4, 0.5) is 4.39 Å². The van der Waals surface area contributed by atoms with Crippen LogP contribution in [0.5, 0.6) is 11.5 Å². The molecule has 0 unspecified atom stereocenters. The standard InChI is InChI=1S/C9H12FNO2/c1-13-9-7(12)3-2-6(4-5-11)8(9)10/h2-3,12H,4-5,11H2,1H3. The van der Waals surface area contributed by atoms with Crippen molar-refractivity contribution in [2.24, 2.45) is 5.73 Å². The highest BCUT2D eigenvalue weighted by Gasteiger charge is 2.12. The second-order valence-electron chi connectivity index (χ2n) is 2.63. The van der Waals surface area contributed by atoms with Gasteiger partial charge in [0.1, 0.15) is 0 Å². The predicted molar refractivity (Wildman–Crippen MR) is 47.4 cm³/mol. The molecule has 0 spiro atoms. The fourth-order valence-electron chi connectivity index (χ4n) is 1.13. The molecule has 0 amide bonds. The number of halogens is 1. The normalized spacial score (nSPS) is 10.1. The Bertz CT molecular complexity index is 302. The zero-order valence-corrected chi connectivity index (χ0v) is 7.38. The zero-order chi connectivity index (χ0) is 9.84. The van der Waals surface area contributed by atoms with Crippen LogP contribution in [0.1, 0.15) is 5.56 Å². The number of phenols is 1. The van der Waals surface area contributed by atoms with Crippen molar-refractivity contribution in [2.45, 2.75) is 6.42 Å². The molecule has 3 nitrogen and oxygen atoms in total. The van der Waals surface area contributed by atoms with Gasteiger partial charge in [-0.25, -0.2) is 4.39 Å². The summed E-state index contributed by atoms with van der Waals surface area (Å²) in [4.78, 5) is 0. The molecular formula is C9H12FNO2. The van der Waals surface area contributed by atoms with Gasteiger partial charge >= 0.3 is 0 Å². The first-order chi connectivity index (χ1) is 6.20. The number of rotatable bonds is 3. The summed E-state index contributed by atoms with van der Waals surface area (Å²) in [7, 11) is 1.31. The van der Waals surface area contributed by atoms with E-state index in [1.807, 2.05) is 0 Å². The molecule has 0 saturated carbocycles. The number of methoxy groups -OCH3 is 1. The summed E-state index contributed by atoms with van der Waals surface area (Å²) in [6, 6.07) is 2.90. The number of aromatic hydroxyl groups is 1. The van der Waals surface area contributed by atoms with Crippen molar-refractivity contribution in [3.8, 4) is 11.5 Å². The van der Waals surface area contributed by atoms with Gasteiger partial charge in [-0.1, -0.05) is 6.07 Å². The van der Waals surface area contributed by atoms with E-state index in [4.69, 9.17) is 10.5 Å². The highest BCUT2D eigenvalue weighted by molar-refractivity contribution is 5.43. The minimum atomic E-state index is -0.534. The molecule has 72 valence electrons. The third-order valence-electron chi connectivity index (χ3n) is 1.77. The maximum atomic E-state index is 13.4. The van der Waals surface area contributed by atoms with Crippen molar-refractivity contribution < 1.29 is 14.2 Å². The summed E-state index contributed by atoms with van der Waals surface area (Å²) < 4.78 is 18.1. The SMILES string of the molecule is COc1c(O)ccc(CCN)c1F. The molecule has 0 atom stereocenters. The van der Waals surface area contributed by atoms with Crippen molar-refractivity contribution in [3.63, 3.8) is 0 Å². The lowest BCUT2D eigenvalue weighted by Crippen LogP contribution is -2.05. The van der Waals surface area contributed by atoms with E-state index in [-0.39, 0.29) is 11.5 Å². The van der Waals surface area contributed by atoms with E-state index in [9.17, 15) is 9.50 Å². The molecule has 0 aliphatic carbocycles. The zero-order valence-electron chi connectivity index (χ0n) is 7.38. The highest BCUT2D eigenvalue weighted by Crippen LogP contribution is 2.30. The Labute approximate surface area is 75.9 Å². The average Bonchev–Trinajstić information content (AvgIpc) is 2.11. The van der Waals surface area contributed by atoms with Crippen LogP contribution in [0.15, 0.2) is 12.1 Å². The van der Waals surface area contributed by atoms with E-state index < -0.39 is 5.82 Å². The molecule has 1 aromatic rings. The molecule has 0 aliphatic rings. The number of hydrogen-bond acceptors (Lipinski definition) is 3. The predicted octanol–water partition coefficient (Wildman–Crippen LogP) is 1.04. The van der Waals surface area contributed by atoms with Gasteiger partial charge in [0.2, 0.25) is 0 Å². The van der Waals surface area contributed by atoms with E-state index in [0.717, 1.165) is 0 Å². The molecule has 3 N–H and O–H groups in total. The molecule has 13 heavy (non-hydrogen) atoms. The van der Waals surface area contributed by atoms with Crippen molar-refractivity contribution in [1.82, 2.24) is 0 Å². The first kappa shape index (κ1) is 9.80. The summed E-state index contributed by atoms with van der Waals surface area (Å²) in [6.45, 7) is 0.366. The maximum absolute atomic E-state index is 13.4.